The molecule has 6 heteroatoms. The Kier molecular flexibility index (Phi) is 4.03. The predicted octanol–water partition coefficient (Wildman–Crippen LogP) is 1.43. The minimum Gasteiger partial charge on any atom is -0.486 e. The number of primary sulfonamides is 1. The van der Waals surface area contributed by atoms with Gasteiger partial charge in [0.05, 0.1) is 4.90 Å². The van der Waals surface area contributed by atoms with E-state index in [1.54, 1.807) is 12.2 Å². The molecule has 0 spiro atoms. The molecule has 0 saturated carbocycles. The van der Waals surface area contributed by atoms with E-state index in [1.807, 2.05) is 6.92 Å². The maximum absolute atomic E-state index is 13.3. The number of sulfonamides is 1. The first-order valence-corrected chi connectivity index (χ1v) is 6.06. The minimum absolute atomic E-state index is 0.00880. The highest BCUT2D eigenvalue weighted by Crippen LogP contribution is 2.20. The molecule has 88 valence electrons. The third-order valence-electron chi connectivity index (χ3n) is 1.80. The number of halogens is 1. The van der Waals surface area contributed by atoms with Crippen molar-refractivity contribution < 1.29 is 17.5 Å². The van der Waals surface area contributed by atoms with Gasteiger partial charge < -0.3 is 4.74 Å². The van der Waals surface area contributed by atoms with E-state index in [4.69, 9.17) is 9.88 Å². The van der Waals surface area contributed by atoms with Crippen molar-refractivity contribution in [1.82, 2.24) is 0 Å². The summed E-state index contributed by atoms with van der Waals surface area (Å²) in [6, 6.07) is 3.27. The number of benzene rings is 1. The Labute approximate surface area is 93.6 Å². The molecule has 0 radical (unpaired) electrons. The third-order valence-corrected chi connectivity index (χ3v) is 2.71. The van der Waals surface area contributed by atoms with Crippen molar-refractivity contribution >= 4 is 10.0 Å². The molecule has 1 aromatic rings. The highest BCUT2D eigenvalue weighted by atomic mass is 32.2. The van der Waals surface area contributed by atoms with E-state index in [9.17, 15) is 12.8 Å². The second-order valence-electron chi connectivity index (χ2n) is 3.02. The molecule has 0 heterocycles. The van der Waals surface area contributed by atoms with E-state index >= 15 is 0 Å². The van der Waals surface area contributed by atoms with E-state index in [-0.39, 0.29) is 17.3 Å². The molecule has 0 aromatic heterocycles. The molecule has 0 aliphatic rings. The molecule has 1 aromatic carbocycles. The normalized spacial score (nSPS) is 11.9. The van der Waals surface area contributed by atoms with Crippen LogP contribution in [0, 0.1) is 5.82 Å². The molecular weight excluding hydrogens is 233 g/mol. The Morgan fingerprint density at radius 3 is 2.69 bits per heavy atom. The smallest absolute Gasteiger partial charge is 0.238 e. The number of ether oxygens (including phenoxy) is 1. The standard InChI is InChI=1S/C10H12FNO3S/c1-2-3-6-15-10-5-4-8(7-9(10)11)16(12,13)14/h2-5,7H,6H2,1H3,(H2,12,13,14)/b3-2+. The Balaban J connectivity index is 2.92. The zero-order valence-corrected chi connectivity index (χ0v) is 9.50. The summed E-state index contributed by atoms with van der Waals surface area (Å²) >= 11 is 0. The topological polar surface area (TPSA) is 69.4 Å². The highest BCUT2D eigenvalue weighted by Gasteiger charge is 2.11. The summed E-state index contributed by atoms with van der Waals surface area (Å²) in [5.41, 5.74) is 0. The van der Waals surface area contributed by atoms with Crippen LogP contribution in [0.4, 0.5) is 4.39 Å². The summed E-state index contributed by atoms with van der Waals surface area (Å²) in [7, 11) is -3.88. The van der Waals surface area contributed by atoms with Crippen LogP contribution in [0.1, 0.15) is 6.92 Å². The van der Waals surface area contributed by atoms with Crippen LogP contribution in [0.2, 0.25) is 0 Å². The molecule has 0 aliphatic heterocycles. The average molecular weight is 245 g/mol. The maximum Gasteiger partial charge on any atom is 0.238 e. The van der Waals surface area contributed by atoms with Crippen molar-refractivity contribution in [3.05, 3.63) is 36.2 Å². The molecule has 4 nitrogen and oxygen atoms in total. The molecule has 0 amide bonds. The van der Waals surface area contributed by atoms with Crippen LogP contribution in [-0.4, -0.2) is 15.0 Å². The van der Waals surface area contributed by atoms with Crippen LogP contribution in [-0.2, 0) is 10.0 Å². The number of hydrogen-bond acceptors (Lipinski definition) is 3. The summed E-state index contributed by atoms with van der Waals surface area (Å²) in [4.78, 5) is -0.275. The lowest BCUT2D eigenvalue weighted by Gasteiger charge is -2.05. The minimum atomic E-state index is -3.88. The number of rotatable bonds is 4. The van der Waals surface area contributed by atoms with Crippen LogP contribution in [0.25, 0.3) is 0 Å². The zero-order chi connectivity index (χ0) is 12.2. The monoisotopic (exact) mass is 245 g/mol. The zero-order valence-electron chi connectivity index (χ0n) is 8.68. The van der Waals surface area contributed by atoms with Gasteiger partial charge in [0.25, 0.3) is 0 Å². The summed E-state index contributed by atoms with van der Waals surface area (Å²) in [5.74, 6) is -0.762. The van der Waals surface area contributed by atoms with Crippen molar-refractivity contribution in [2.24, 2.45) is 5.14 Å². The van der Waals surface area contributed by atoms with Gasteiger partial charge in [0.15, 0.2) is 11.6 Å². The quantitative estimate of drug-likeness (QED) is 0.816. The first-order chi connectivity index (χ1) is 7.45. The lowest BCUT2D eigenvalue weighted by Crippen LogP contribution is -2.12. The van der Waals surface area contributed by atoms with Crippen molar-refractivity contribution in [3.8, 4) is 5.75 Å². The van der Waals surface area contributed by atoms with E-state index in [0.717, 1.165) is 6.07 Å². The van der Waals surface area contributed by atoms with E-state index in [1.165, 1.54) is 12.1 Å². The maximum atomic E-state index is 13.3. The van der Waals surface area contributed by atoms with Gasteiger partial charge in [-0.25, -0.2) is 17.9 Å². The van der Waals surface area contributed by atoms with Crippen molar-refractivity contribution in [2.75, 3.05) is 6.61 Å². The first kappa shape index (κ1) is 12.7. The van der Waals surface area contributed by atoms with Gasteiger partial charge in [0, 0.05) is 0 Å². The van der Waals surface area contributed by atoms with Crippen LogP contribution >= 0.6 is 0 Å². The molecule has 0 fully saturated rings. The number of nitrogens with two attached hydrogens (primary N) is 1. The molecule has 0 atom stereocenters. The van der Waals surface area contributed by atoms with Crippen molar-refractivity contribution in [2.45, 2.75) is 11.8 Å². The van der Waals surface area contributed by atoms with Crippen molar-refractivity contribution in [3.63, 3.8) is 0 Å². The molecular formula is C10H12FNO3S. The molecule has 2 N–H and O–H groups in total. The van der Waals surface area contributed by atoms with Crippen LogP contribution in [0.5, 0.6) is 5.75 Å². The van der Waals surface area contributed by atoms with Gasteiger partial charge in [-0.15, -0.1) is 0 Å². The Morgan fingerprint density at radius 1 is 1.50 bits per heavy atom. The van der Waals surface area contributed by atoms with Gasteiger partial charge in [-0.05, 0) is 25.1 Å². The molecule has 0 saturated heterocycles. The number of allylic oxidation sites excluding steroid dienone is 1. The Bertz CT molecular complexity index is 497. The Morgan fingerprint density at radius 2 is 2.19 bits per heavy atom. The molecule has 1 rings (SSSR count). The fraction of sp³-hybridized carbons (Fsp3) is 0.200. The summed E-state index contributed by atoms with van der Waals surface area (Å²) in [5, 5.41) is 4.85. The molecule has 0 unspecified atom stereocenters. The molecule has 16 heavy (non-hydrogen) atoms. The average Bonchev–Trinajstić information content (AvgIpc) is 2.19. The van der Waals surface area contributed by atoms with Gasteiger partial charge in [-0.2, -0.15) is 0 Å². The third kappa shape index (κ3) is 3.32. The van der Waals surface area contributed by atoms with E-state index in [2.05, 4.69) is 0 Å². The fourth-order valence-corrected chi connectivity index (χ4v) is 1.54. The van der Waals surface area contributed by atoms with Gasteiger partial charge in [0.2, 0.25) is 10.0 Å². The van der Waals surface area contributed by atoms with Gasteiger partial charge in [0.1, 0.15) is 6.61 Å². The molecule has 0 bridgehead atoms. The highest BCUT2D eigenvalue weighted by molar-refractivity contribution is 7.89. The van der Waals surface area contributed by atoms with Crippen molar-refractivity contribution in [1.29, 1.82) is 0 Å². The molecule has 0 aliphatic carbocycles. The van der Waals surface area contributed by atoms with E-state index in [0.29, 0.717) is 0 Å². The summed E-state index contributed by atoms with van der Waals surface area (Å²) in [6.07, 6.45) is 3.46. The van der Waals surface area contributed by atoms with Crippen LogP contribution in [0.15, 0.2) is 35.2 Å². The second-order valence-corrected chi connectivity index (χ2v) is 4.58. The lowest BCUT2D eigenvalue weighted by molar-refractivity contribution is 0.341. The van der Waals surface area contributed by atoms with Gasteiger partial charge in [-0.3, -0.25) is 0 Å². The first-order valence-electron chi connectivity index (χ1n) is 4.51. The van der Waals surface area contributed by atoms with Crippen LogP contribution in [0.3, 0.4) is 0 Å². The summed E-state index contributed by atoms with van der Waals surface area (Å²) in [6.45, 7) is 2.03. The SMILES string of the molecule is C/C=C/COc1ccc(S(N)(=O)=O)cc1F. The van der Waals surface area contributed by atoms with Gasteiger partial charge in [-0.1, -0.05) is 12.2 Å². The fourth-order valence-electron chi connectivity index (χ4n) is 1.01. The number of hydrogen-bond donors (Lipinski definition) is 1. The van der Waals surface area contributed by atoms with Crippen LogP contribution < -0.4 is 9.88 Å². The second kappa shape index (κ2) is 5.09. The largest absolute Gasteiger partial charge is 0.486 e. The summed E-state index contributed by atoms with van der Waals surface area (Å²) < 4.78 is 40.2. The lowest BCUT2D eigenvalue weighted by atomic mass is 10.3. The Hall–Kier alpha value is -1.40. The van der Waals surface area contributed by atoms with Gasteiger partial charge >= 0.3 is 0 Å². The van der Waals surface area contributed by atoms with E-state index < -0.39 is 15.8 Å². The predicted molar refractivity (Wildman–Crippen MR) is 58.1 cm³/mol.